The summed E-state index contributed by atoms with van der Waals surface area (Å²) in [6.07, 6.45) is 9.73. The summed E-state index contributed by atoms with van der Waals surface area (Å²) in [7, 11) is 0. The van der Waals surface area contributed by atoms with Crippen molar-refractivity contribution in [1.82, 2.24) is 0 Å². The number of nitrogens with zero attached hydrogens (tertiary/aromatic N) is 1. The maximum Gasteiger partial charge on any atom is 0.336 e. The summed E-state index contributed by atoms with van der Waals surface area (Å²) in [4.78, 5) is 14.7. The van der Waals surface area contributed by atoms with E-state index in [1.807, 2.05) is 18.2 Å². The third-order valence-electron chi connectivity index (χ3n) is 12.1. The number of hydrogen-bond donors (Lipinski definition) is 1. The number of carbonyl (C=O) groups is 1. The zero-order chi connectivity index (χ0) is 39.6. The van der Waals surface area contributed by atoms with Crippen LogP contribution in [0.3, 0.4) is 0 Å². The molecule has 0 saturated heterocycles. The van der Waals surface area contributed by atoms with E-state index in [0.29, 0.717) is 5.56 Å². The zero-order valence-corrected chi connectivity index (χ0v) is 33.5. The first kappa shape index (κ1) is 37.1. The van der Waals surface area contributed by atoms with Crippen LogP contribution in [0.15, 0.2) is 158 Å². The minimum absolute atomic E-state index is 0.330. The summed E-state index contributed by atoms with van der Waals surface area (Å²) in [5, 5.41) is 18.5. The molecule has 9 aromatic rings. The number of aromatic carboxylic acids is 1. The standard InChI is InChI=1S/C55H49NO2/c1-3-5-7-11-37-17-21-39(22-18-37)41-25-29-43(30-26-41)56(44-31-27-42(28-32-44)40-23-19-38(20-24-40)12-8-6-4-2)52-36-35-49-48-33-34-50(55(57)58)47-15-9-13-45(53(47)48)46-14-10-16-51(52)54(46)49/h9-10,13-36H,3-8,11-12H2,1-2H3,(H,57,58). The lowest BCUT2D eigenvalue weighted by Crippen LogP contribution is -2.10. The van der Waals surface area contributed by atoms with E-state index >= 15 is 0 Å². The molecule has 0 saturated carbocycles. The largest absolute Gasteiger partial charge is 0.478 e. The lowest BCUT2D eigenvalue weighted by Gasteiger charge is -2.28. The molecule has 0 spiro atoms. The normalized spacial score (nSPS) is 11.6. The van der Waals surface area contributed by atoms with Crippen molar-refractivity contribution in [1.29, 1.82) is 0 Å². The molecule has 286 valence electrons. The van der Waals surface area contributed by atoms with Gasteiger partial charge in [0.25, 0.3) is 0 Å². The highest BCUT2D eigenvalue weighted by molar-refractivity contribution is 6.35. The Kier molecular flexibility index (Phi) is 10.4. The molecule has 0 heterocycles. The molecular weight excluding hydrogens is 707 g/mol. The second-order valence-corrected chi connectivity index (χ2v) is 15.8. The van der Waals surface area contributed by atoms with Gasteiger partial charge in [0.15, 0.2) is 0 Å². The summed E-state index contributed by atoms with van der Waals surface area (Å²) in [5.74, 6) is -0.908. The molecule has 0 aliphatic carbocycles. The molecule has 3 heteroatoms. The first-order valence-electron chi connectivity index (χ1n) is 21.1. The number of hydrogen-bond acceptors (Lipinski definition) is 2. The Hall–Kier alpha value is -6.45. The molecule has 0 radical (unpaired) electrons. The average Bonchev–Trinajstić information content (AvgIpc) is 3.27. The quantitative estimate of drug-likeness (QED) is 0.0682. The Morgan fingerprint density at radius 2 is 0.828 bits per heavy atom. The number of aryl methyl sites for hydroxylation is 2. The van der Waals surface area contributed by atoms with E-state index in [2.05, 4.69) is 152 Å². The molecule has 0 unspecified atom stereocenters. The number of unbranched alkanes of at least 4 members (excludes halogenated alkanes) is 4. The monoisotopic (exact) mass is 755 g/mol. The molecule has 0 bridgehead atoms. The maximum absolute atomic E-state index is 12.3. The topological polar surface area (TPSA) is 40.5 Å². The Bertz CT molecular complexity index is 2740. The smallest absolute Gasteiger partial charge is 0.336 e. The van der Waals surface area contributed by atoms with Crippen LogP contribution in [-0.2, 0) is 12.8 Å². The Labute approximate surface area is 341 Å². The lowest BCUT2D eigenvalue weighted by molar-refractivity contribution is 0.0699. The average molecular weight is 756 g/mol. The number of carboxylic acid groups (broad SMARTS) is 1. The molecule has 0 amide bonds. The van der Waals surface area contributed by atoms with Crippen LogP contribution in [0.2, 0.25) is 0 Å². The minimum Gasteiger partial charge on any atom is -0.478 e. The van der Waals surface area contributed by atoms with Gasteiger partial charge in [-0.3, -0.25) is 0 Å². The molecule has 0 aliphatic rings. The molecule has 1 N–H and O–H groups in total. The summed E-state index contributed by atoms with van der Waals surface area (Å²) in [6.45, 7) is 4.51. The number of anilines is 3. The molecule has 3 nitrogen and oxygen atoms in total. The lowest BCUT2D eigenvalue weighted by atomic mass is 9.87. The van der Waals surface area contributed by atoms with Gasteiger partial charge in [-0.1, -0.05) is 161 Å². The van der Waals surface area contributed by atoms with Crippen LogP contribution >= 0.6 is 0 Å². The van der Waals surface area contributed by atoms with Crippen molar-refractivity contribution in [2.75, 3.05) is 4.90 Å². The van der Waals surface area contributed by atoms with Gasteiger partial charge in [0.05, 0.1) is 11.3 Å². The number of rotatable bonds is 14. The SMILES string of the molecule is CCCCCc1ccc(-c2ccc(N(c3ccc(-c4ccc(CCCCC)cc4)cc3)c3ccc4c5ccc(C(=O)O)c6cccc(c7cccc3c74)c65)cc2)cc1. The fourth-order valence-corrected chi connectivity index (χ4v) is 9.00. The Morgan fingerprint density at radius 3 is 1.29 bits per heavy atom. The number of fused-ring (bicyclic) bond motifs is 2. The first-order chi connectivity index (χ1) is 28.5. The van der Waals surface area contributed by atoms with Gasteiger partial charge in [0.1, 0.15) is 0 Å². The van der Waals surface area contributed by atoms with Gasteiger partial charge in [-0.15, -0.1) is 0 Å². The molecular formula is C55H49NO2. The van der Waals surface area contributed by atoms with Gasteiger partial charge in [0.2, 0.25) is 0 Å². The van der Waals surface area contributed by atoms with Gasteiger partial charge < -0.3 is 10.0 Å². The second-order valence-electron chi connectivity index (χ2n) is 15.8. The zero-order valence-electron chi connectivity index (χ0n) is 33.5. The van der Waals surface area contributed by atoms with Gasteiger partial charge in [-0.25, -0.2) is 4.79 Å². The van der Waals surface area contributed by atoms with Gasteiger partial charge in [-0.05, 0) is 133 Å². The molecule has 0 aliphatic heterocycles. The van der Waals surface area contributed by atoms with Crippen molar-refractivity contribution in [3.63, 3.8) is 0 Å². The summed E-state index contributed by atoms with van der Waals surface area (Å²) >= 11 is 0. The predicted molar refractivity (Wildman–Crippen MR) is 247 cm³/mol. The van der Waals surface area contributed by atoms with Crippen LogP contribution in [0.25, 0.3) is 65.3 Å². The molecule has 9 aromatic carbocycles. The van der Waals surface area contributed by atoms with Crippen LogP contribution in [0.5, 0.6) is 0 Å². The van der Waals surface area contributed by atoms with Crippen LogP contribution in [-0.4, -0.2) is 11.1 Å². The molecule has 9 rings (SSSR count). The number of benzene rings is 9. The Balaban J connectivity index is 1.15. The van der Waals surface area contributed by atoms with Crippen molar-refractivity contribution >= 4 is 66.1 Å². The summed E-state index contributed by atoms with van der Waals surface area (Å²) in [5.41, 5.74) is 11.2. The highest BCUT2D eigenvalue weighted by atomic mass is 16.4. The highest BCUT2D eigenvalue weighted by Crippen LogP contribution is 2.47. The fraction of sp³-hybridized carbons (Fsp3) is 0.182. The van der Waals surface area contributed by atoms with Crippen molar-refractivity contribution in [3.8, 4) is 22.3 Å². The van der Waals surface area contributed by atoms with Gasteiger partial charge in [0, 0.05) is 16.8 Å². The summed E-state index contributed by atoms with van der Waals surface area (Å²) in [6, 6.07) is 56.9. The van der Waals surface area contributed by atoms with Crippen LogP contribution in [0, 0.1) is 0 Å². The number of carboxylic acids is 1. The molecule has 0 aromatic heterocycles. The van der Waals surface area contributed by atoms with E-state index in [9.17, 15) is 9.90 Å². The maximum atomic E-state index is 12.3. The van der Waals surface area contributed by atoms with Gasteiger partial charge in [-0.2, -0.15) is 0 Å². The minimum atomic E-state index is -0.908. The van der Waals surface area contributed by atoms with Gasteiger partial charge >= 0.3 is 5.97 Å². The summed E-state index contributed by atoms with van der Waals surface area (Å²) < 4.78 is 0. The molecule has 0 fully saturated rings. The van der Waals surface area contributed by atoms with Crippen molar-refractivity contribution in [2.24, 2.45) is 0 Å². The fourth-order valence-electron chi connectivity index (χ4n) is 9.00. The Morgan fingerprint density at radius 1 is 0.431 bits per heavy atom. The second kappa shape index (κ2) is 16.2. The van der Waals surface area contributed by atoms with E-state index < -0.39 is 5.97 Å². The van der Waals surface area contributed by atoms with E-state index in [4.69, 9.17) is 0 Å². The van der Waals surface area contributed by atoms with E-state index in [1.165, 1.54) is 77.3 Å². The predicted octanol–water partition coefficient (Wildman–Crippen LogP) is 15.7. The van der Waals surface area contributed by atoms with Crippen molar-refractivity contribution in [3.05, 3.63) is 174 Å². The highest BCUT2D eigenvalue weighted by Gasteiger charge is 2.21. The van der Waals surface area contributed by atoms with Crippen LogP contribution in [0.1, 0.15) is 73.9 Å². The third-order valence-corrected chi connectivity index (χ3v) is 12.1. The third kappa shape index (κ3) is 6.96. The van der Waals surface area contributed by atoms with E-state index in [0.717, 1.165) is 67.6 Å². The molecule has 0 atom stereocenters. The molecule has 58 heavy (non-hydrogen) atoms. The first-order valence-corrected chi connectivity index (χ1v) is 21.1. The van der Waals surface area contributed by atoms with Crippen LogP contribution in [0.4, 0.5) is 17.1 Å². The van der Waals surface area contributed by atoms with Crippen LogP contribution < -0.4 is 4.90 Å². The van der Waals surface area contributed by atoms with E-state index in [-0.39, 0.29) is 0 Å². The van der Waals surface area contributed by atoms with E-state index in [1.54, 1.807) is 6.07 Å². The van der Waals surface area contributed by atoms with Crippen molar-refractivity contribution < 1.29 is 9.90 Å². The van der Waals surface area contributed by atoms with Crippen molar-refractivity contribution in [2.45, 2.75) is 65.2 Å².